The van der Waals surface area contributed by atoms with Crippen molar-refractivity contribution in [2.75, 3.05) is 19.8 Å². The van der Waals surface area contributed by atoms with Gasteiger partial charge < -0.3 is 20.5 Å². The molecule has 0 aliphatic rings. The number of carbonyl (C=O) groups excluding carboxylic acids is 1. The molecule has 0 bridgehead atoms. The van der Waals surface area contributed by atoms with Gasteiger partial charge in [0.1, 0.15) is 17.8 Å². The summed E-state index contributed by atoms with van der Waals surface area (Å²) in [4.78, 5) is 38.4. The number of nitrogen functional groups attached to an aromatic ring is 1. The molecule has 4 heterocycles. The molecule has 12 heteroatoms. The number of carbonyl (C=O) groups is 1. The maximum Gasteiger partial charge on any atom is 0.303 e. The lowest BCUT2D eigenvalue weighted by molar-refractivity contribution is -0.334. The zero-order valence-electron chi connectivity index (χ0n) is 20.1. The number of aromatic nitrogens is 7. The Kier molecular flexibility index (Phi) is 6.00. The summed E-state index contributed by atoms with van der Waals surface area (Å²) in [5.74, 6) is 1.74. The van der Waals surface area contributed by atoms with Gasteiger partial charge in [-0.15, -0.1) is 0 Å². The zero-order chi connectivity index (χ0) is 24.6. The van der Waals surface area contributed by atoms with Crippen LogP contribution >= 0.6 is 0 Å². The number of anilines is 1. The monoisotopic (exact) mass is 465 g/mol. The summed E-state index contributed by atoms with van der Waals surface area (Å²) in [6, 6.07) is 1.29. The molecular formula is C22H29N10O2+. The molecule has 0 radical (unpaired) electrons. The highest BCUT2D eigenvalue weighted by molar-refractivity contribution is 5.94. The molecule has 0 saturated heterocycles. The van der Waals surface area contributed by atoms with E-state index in [2.05, 4.69) is 61.1 Å². The Morgan fingerprint density at radius 1 is 1.29 bits per heavy atom. The van der Waals surface area contributed by atoms with Crippen LogP contribution in [0.1, 0.15) is 61.4 Å². The number of nitrogens with two attached hydrogens (primary N) is 1. The van der Waals surface area contributed by atoms with Crippen molar-refractivity contribution in [3.8, 4) is 11.5 Å². The average Bonchev–Trinajstić information content (AvgIpc) is 3.40. The number of rotatable bonds is 6. The van der Waals surface area contributed by atoms with Crippen LogP contribution in [0.4, 0.5) is 5.82 Å². The Balaban J connectivity index is 1.54. The van der Waals surface area contributed by atoms with Gasteiger partial charge in [-0.1, -0.05) is 30.9 Å². The van der Waals surface area contributed by atoms with Crippen LogP contribution in [0.15, 0.2) is 23.1 Å². The molecule has 5 N–H and O–H groups in total. The van der Waals surface area contributed by atoms with Gasteiger partial charge in [0.15, 0.2) is 17.0 Å². The molecule has 1 atom stereocenters. The number of imidazole rings is 1. The molecule has 0 aliphatic carbocycles. The third-order valence-electron chi connectivity index (χ3n) is 5.19. The van der Waals surface area contributed by atoms with E-state index in [9.17, 15) is 4.79 Å². The van der Waals surface area contributed by atoms with E-state index >= 15 is 0 Å². The van der Waals surface area contributed by atoms with Crippen molar-refractivity contribution in [3.63, 3.8) is 0 Å². The molecule has 0 aliphatic heterocycles. The van der Waals surface area contributed by atoms with Gasteiger partial charge in [-0.3, -0.25) is 9.78 Å². The van der Waals surface area contributed by atoms with Gasteiger partial charge in [0.05, 0.1) is 12.2 Å². The zero-order valence-corrected chi connectivity index (χ0v) is 20.1. The van der Waals surface area contributed by atoms with Crippen LogP contribution in [0.2, 0.25) is 0 Å². The van der Waals surface area contributed by atoms with Crippen molar-refractivity contribution < 1.29 is 14.3 Å². The van der Waals surface area contributed by atoms with Crippen molar-refractivity contribution >= 4 is 22.9 Å². The minimum absolute atomic E-state index is 0.172. The highest BCUT2D eigenvalue weighted by Gasteiger charge is 2.25. The molecule has 0 aromatic carbocycles. The lowest BCUT2D eigenvalue weighted by atomic mass is 9.96. The fraction of sp³-hybridized carbons (Fsp3) is 0.409. The molecule has 0 saturated carbocycles. The predicted octanol–water partition coefficient (Wildman–Crippen LogP) is 1.65. The fourth-order valence-corrected chi connectivity index (χ4v) is 3.38. The van der Waals surface area contributed by atoms with Gasteiger partial charge in [-0.2, -0.15) is 0 Å². The van der Waals surface area contributed by atoms with Crippen LogP contribution in [0.5, 0.6) is 0 Å². The number of nitrogens with one attached hydrogen (secondary N) is 3. The van der Waals surface area contributed by atoms with E-state index in [1.54, 1.807) is 19.2 Å². The van der Waals surface area contributed by atoms with Gasteiger partial charge in [0, 0.05) is 23.6 Å². The first kappa shape index (κ1) is 23.2. The van der Waals surface area contributed by atoms with Gasteiger partial charge in [0.25, 0.3) is 11.7 Å². The average molecular weight is 466 g/mol. The first-order chi connectivity index (χ1) is 16.0. The largest absolute Gasteiger partial charge is 0.383 e. The summed E-state index contributed by atoms with van der Waals surface area (Å²) in [5.41, 5.74) is 8.58. The van der Waals surface area contributed by atoms with Gasteiger partial charge >= 0.3 is 5.65 Å². The highest BCUT2D eigenvalue weighted by Crippen LogP contribution is 2.23. The maximum atomic E-state index is 12.9. The van der Waals surface area contributed by atoms with E-state index in [0.29, 0.717) is 35.0 Å². The number of hydrogen-bond donors (Lipinski definition) is 3. The smallest absolute Gasteiger partial charge is 0.303 e. The predicted molar refractivity (Wildman–Crippen MR) is 124 cm³/mol. The van der Waals surface area contributed by atoms with Gasteiger partial charge in [-0.05, 0) is 21.0 Å². The normalized spacial score (nSPS) is 12.9. The second kappa shape index (κ2) is 8.78. The molecule has 4 aromatic heterocycles. The molecule has 12 nitrogen and oxygen atoms in total. The quantitative estimate of drug-likeness (QED) is 0.384. The summed E-state index contributed by atoms with van der Waals surface area (Å²) < 4.78 is 5.50. The molecule has 4 rings (SSSR count). The van der Waals surface area contributed by atoms with E-state index in [-0.39, 0.29) is 22.8 Å². The van der Waals surface area contributed by atoms with Crippen molar-refractivity contribution in [2.45, 2.75) is 45.7 Å². The number of H-pyrrole nitrogens is 2. The minimum Gasteiger partial charge on any atom is -0.383 e. The minimum atomic E-state index is -0.464. The lowest BCUT2D eigenvalue weighted by Crippen LogP contribution is -2.29. The van der Waals surface area contributed by atoms with Crippen molar-refractivity contribution in [1.82, 2.24) is 40.3 Å². The molecule has 0 unspecified atom stereocenters. The Labute approximate surface area is 196 Å². The second-order valence-electron chi connectivity index (χ2n) is 9.46. The van der Waals surface area contributed by atoms with Crippen LogP contribution in [-0.4, -0.2) is 55.0 Å². The van der Waals surface area contributed by atoms with Crippen LogP contribution in [0, 0.1) is 0 Å². The molecule has 0 spiro atoms. The molecule has 0 fully saturated rings. The van der Waals surface area contributed by atoms with Crippen molar-refractivity contribution in [3.05, 3.63) is 41.4 Å². The van der Waals surface area contributed by atoms with Gasteiger partial charge in [0.2, 0.25) is 5.82 Å². The first-order valence-corrected chi connectivity index (χ1v) is 10.8. The SMILES string of the molecule is C[C@@H](NC(=O)c1ncnc(N)c1CN(C)C)c1cc(-c2[nH]c3cnc(C(C)(C)C)nc3[nH+]2)no1. The summed E-state index contributed by atoms with van der Waals surface area (Å²) in [7, 11) is 3.76. The van der Waals surface area contributed by atoms with Crippen molar-refractivity contribution in [2.24, 2.45) is 0 Å². The second-order valence-corrected chi connectivity index (χ2v) is 9.46. The number of nitrogens with zero attached hydrogens (tertiary/aromatic N) is 6. The van der Waals surface area contributed by atoms with Crippen LogP contribution in [-0.2, 0) is 12.0 Å². The van der Waals surface area contributed by atoms with E-state index in [0.717, 1.165) is 11.3 Å². The van der Waals surface area contributed by atoms with Crippen LogP contribution in [0.3, 0.4) is 0 Å². The number of amides is 1. The standard InChI is InChI=1S/C22H28N10O2/c1-11(27-20(33)16-12(9-32(5)6)17(23)26-10-25-16)15-7-13(31-34-15)18-28-14-8-24-21(22(2,3)4)30-19(14)29-18/h7-8,10-11H,9H2,1-6H3,(H,27,33)(H2,23,25,26)(H,24,28,29,30)/p+1/t11-/m1/s1. The molecule has 1 amide bonds. The fourth-order valence-electron chi connectivity index (χ4n) is 3.38. The Morgan fingerprint density at radius 2 is 2.06 bits per heavy atom. The first-order valence-electron chi connectivity index (χ1n) is 10.8. The van der Waals surface area contributed by atoms with E-state index in [1.807, 2.05) is 19.0 Å². The molecule has 4 aromatic rings. The highest BCUT2D eigenvalue weighted by atomic mass is 16.5. The van der Waals surface area contributed by atoms with Crippen LogP contribution in [0.25, 0.3) is 22.7 Å². The molecular weight excluding hydrogens is 436 g/mol. The third kappa shape index (κ3) is 4.71. The van der Waals surface area contributed by atoms with E-state index < -0.39 is 6.04 Å². The van der Waals surface area contributed by atoms with Gasteiger partial charge in [-0.25, -0.2) is 19.9 Å². The Morgan fingerprint density at radius 3 is 2.76 bits per heavy atom. The molecule has 34 heavy (non-hydrogen) atoms. The topological polar surface area (TPSA) is 166 Å². The summed E-state index contributed by atoms with van der Waals surface area (Å²) >= 11 is 0. The maximum absolute atomic E-state index is 12.9. The Bertz CT molecular complexity index is 1340. The van der Waals surface area contributed by atoms with E-state index in [4.69, 9.17) is 10.3 Å². The number of hydrogen-bond acceptors (Lipinski definition) is 9. The van der Waals surface area contributed by atoms with Crippen LogP contribution < -0.4 is 16.0 Å². The summed E-state index contributed by atoms with van der Waals surface area (Å²) in [5, 5.41) is 7.02. The lowest BCUT2D eigenvalue weighted by Gasteiger charge is -2.16. The summed E-state index contributed by atoms with van der Waals surface area (Å²) in [6.07, 6.45) is 3.02. The molecule has 178 valence electrons. The Hall–Kier alpha value is -3.93. The van der Waals surface area contributed by atoms with Crippen molar-refractivity contribution in [1.29, 1.82) is 0 Å². The summed E-state index contributed by atoms with van der Waals surface area (Å²) in [6.45, 7) is 8.41. The number of fused-ring (bicyclic) bond motifs is 1. The third-order valence-corrected chi connectivity index (χ3v) is 5.19. The van der Waals surface area contributed by atoms with E-state index in [1.165, 1.54) is 6.33 Å². The number of aromatic amines is 2.